The molecule has 0 saturated carbocycles. The van der Waals surface area contributed by atoms with E-state index < -0.39 is 5.82 Å². The molecule has 0 radical (unpaired) electrons. The van der Waals surface area contributed by atoms with Gasteiger partial charge in [0.2, 0.25) is 5.91 Å². The van der Waals surface area contributed by atoms with Crippen LogP contribution in [0.1, 0.15) is 6.42 Å². The minimum absolute atomic E-state index is 0.180. The summed E-state index contributed by atoms with van der Waals surface area (Å²) in [6, 6.07) is 21.5. The molecule has 4 rings (SSSR count). The van der Waals surface area contributed by atoms with Crippen LogP contribution in [0, 0.1) is 5.82 Å². The summed E-state index contributed by atoms with van der Waals surface area (Å²) in [6.45, 7) is 0. The van der Waals surface area contributed by atoms with E-state index in [-0.39, 0.29) is 18.0 Å². The quantitative estimate of drug-likeness (QED) is 0.288. The molecule has 1 heterocycles. The van der Waals surface area contributed by atoms with Crippen LogP contribution in [0.5, 0.6) is 11.5 Å². The van der Waals surface area contributed by atoms with Crippen LogP contribution in [0.4, 0.5) is 10.1 Å². The van der Waals surface area contributed by atoms with Crippen LogP contribution in [-0.2, 0) is 4.79 Å². The lowest BCUT2D eigenvalue weighted by atomic mass is 10.0. The highest BCUT2D eigenvalue weighted by Gasteiger charge is 2.16. The monoisotopic (exact) mass is 477 g/mol. The Morgan fingerprint density at radius 1 is 0.941 bits per heavy atom. The fraction of sp³-hybridized carbons (Fsp3) is 0.154. The first kappa shape index (κ1) is 23.4. The van der Waals surface area contributed by atoms with Gasteiger partial charge in [0.15, 0.2) is 5.16 Å². The van der Waals surface area contributed by atoms with Crippen molar-refractivity contribution in [1.82, 2.24) is 9.97 Å². The average Bonchev–Trinajstić information content (AvgIpc) is 3.29. The van der Waals surface area contributed by atoms with Crippen molar-refractivity contribution in [2.75, 3.05) is 25.3 Å². The van der Waals surface area contributed by atoms with Crippen molar-refractivity contribution in [1.29, 1.82) is 0 Å². The van der Waals surface area contributed by atoms with E-state index in [1.807, 2.05) is 48.5 Å². The van der Waals surface area contributed by atoms with Gasteiger partial charge in [-0.3, -0.25) is 4.79 Å². The van der Waals surface area contributed by atoms with E-state index in [1.165, 1.54) is 23.9 Å². The SMILES string of the molecule is COc1ccc(-c2nc(SCCC(=O)Nc3ccccc3F)[nH]c2-c2ccc(OC)cc2)cc1. The molecule has 0 bridgehead atoms. The number of aromatic nitrogens is 2. The van der Waals surface area contributed by atoms with Gasteiger partial charge in [0.1, 0.15) is 17.3 Å². The van der Waals surface area contributed by atoms with Crippen molar-refractivity contribution < 1.29 is 18.7 Å². The van der Waals surface area contributed by atoms with E-state index in [0.717, 1.165) is 34.0 Å². The van der Waals surface area contributed by atoms with Crippen molar-refractivity contribution in [3.05, 3.63) is 78.6 Å². The number of imidazole rings is 1. The van der Waals surface area contributed by atoms with Crippen LogP contribution >= 0.6 is 11.8 Å². The van der Waals surface area contributed by atoms with Gasteiger partial charge in [-0.1, -0.05) is 23.9 Å². The number of rotatable bonds is 9. The number of methoxy groups -OCH3 is 2. The Hall–Kier alpha value is -3.78. The van der Waals surface area contributed by atoms with Gasteiger partial charge in [-0.05, 0) is 60.7 Å². The summed E-state index contributed by atoms with van der Waals surface area (Å²) >= 11 is 1.43. The fourth-order valence-corrected chi connectivity index (χ4v) is 4.17. The van der Waals surface area contributed by atoms with E-state index >= 15 is 0 Å². The summed E-state index contributed by atoms with van der Waals surface area (Å²) in [5.74, 6) is 1.31. The highest BCUT2D eigenvalue weighted by molar-refractivity contribution is 7.99. The Morgan fingerprint density at radius 3 is 2.18 bits per heavy atom. The number of benzene rings is 3. The van der Waals surface area contributed by atoms with Crippen LogP contribution in [0.15, 0.2) is 78.0 Å². The van der Waals surface area contributed by atoms with Gasteiger partial charge < -0.3 is 19.8 Å². The molecule has 2 N–H and O–H groups in total. The van der Waals surface area contributed by atoms with Crippen molar-refractivity contribution in [3.8, 4) is 34.0 Å². The first-order valence-corrected chi connectivity index (χ1v) is 11.6. The molecule has 4 aromatic rings. The Balaban J connectivity index is 1.51. The summed E-state index contributed by atoms with van der Waals surface area (Å²) in [4.78, 5) is 20.4. The number of H-pyrrole nitrogens is 1. The van der Waals surface area contributed by atoms with E-state index in [0.29, 0.717) is 10.9 Å². The molecule has 0 atom stereocenters. The van der Waals surface area contributed by atoms with Gasteiger partial charge in [-0.2, -0.15) is 0 Å². The normalized spacial score (nSPS) is 10.7. The maximum absolute atomic E-state index is 13.8. The molecule has 0 aliphatic carbocycles. The van der Waals surface area contributed by atoms with Gasteiger partial charge in [0.25, 0.3) is 0 Å². The average molecular weight is 478 g/mol. The molecule has 0 unspecified atom stereocenters. The van der Waals surface area contributed by atoms with Crippen molar-refractivity contribution >= 4 is 23.4 Å². The molecule has 0 aliphatic heterocycles. The third-order valence-corrected chi connectivity index (χ3v) is 6.02. The number of carbonyl (C=O) groups is 1. The van der Waals surface area contributed by atoms with Gasteiger partial charge >= 0.3 is 0 Å². The number of para-hydroxylation sites is 1. The number of halogens is 1. The summed E-state index contributed by atoms with van der Waals surface area (Å²) < 4.78 is 24.3. The Bertz CT molecular complexity index is 1190. The molecule has 8 heteroatoms. The van der Waals surface area contributed by atoms with Crippen LogP contribution in [0.3, 0.4) is 0 Å². The van der Waals surface area contributed by atoms with Gasteiger partial charge in [0, 0.05) is 23.3 Å². The van der Waals surface area contributed by atoms with Crippen LogP contribution in [0.2, 0.25) is 0 Å². The zero-order valence-corrected chi connectivity index (χ0v) is 19.6. The molecule has 0 saturated heterocycles. The molecule has 1 amide bonds. The first-order chi connectivity index (χ1) is 16.6. The predicted molar refractivity (Wildman–Crippen MR) is 133 cm³/mol. The van der Waals surface area contributed by atoms with Gasteiger partial charge in [-0.25, -0.2) is 9.37 Å². The maximum Gasteiger partial charge on any atom is 0.225 e. The van der Waals surface area contributed by atoms with Crippen molar-refractivity contribution in [2.45, 2.75) is 11.6 Å². The van der Waals surface area contributed by atoms with Crippen molar-refractivity contribution in [3.63, 3.8) is 0 Å². The van der Waals surface area contributed by atoms with E-state index in [1.54, 1.807) is 26.4 Å². The smallest absolute Gasteiger partial charge is 0.225 e. The number of nitrogens with one attached hydrogen (secondary N) is 2. The fourth-order valence-electron chi connectivity index (χ4n) is 3.36. The summed E-state index contributed by atoms with van der Waals surface area (Å²) in [5.41, 5.74) is 3.74. The number of aromatic amines is 1. The van der Waals surface area contributed by atoms with E-state index in [4.69, 9.17) is 14.5 Å². The first-order valence-electron chi connectivity index (χ1n) is 10.6. The molecule has 34 heavy (non-hydrogen) atoms. The zero-order valence-electron chi connectivity index (χ0n) is 18.8. The summed E-state index contributed by atoms with van der Waals surface area (Å²) in [5, 5.41) is 3.29. The Kier molecular flexibility index (Phi) is 7.49. The number of amides is 1. The molecule has 174 valence electrons. The standard InChI is InChI=1S/C26H24FN3O3S/c1-32-19-11-7-17(8-12-19)24-25(18-9-13-20(33-2)14-10-18)30-26(29-24)34-16-15-23(31)28-22-6-4-3-5-21(22)27/h3-14H,15-16H2,1-2H3,(H,28,31)(H,29,30). The number of nitrogens with zero attached hydrogens (tertiary/aromatic N) is 1. The lowest BCUT2D eigenvalue weighted by Crippen LogP contribution is -2.13. The summed E-state index contributed by atoms with van der Waals surface area (Å²) in [6.07, 6.45) is 0.218. The number of hydrogen-bond donors (Lipinski definition) is 2. The molecule has 3 aromatic carbocycles. The second-order valence-electron chi connectivity index (χ2n) is 7.35. The third kappa shape index (κ3) is 5.58. The highest BCUT2D eigenvalue weighted by Crippen LogP contribution is 2.34. The lowest BCUT2D eigenvalue weighted by Gasteiger charge is -2.06. The highest BCUT2D eigenvalue weighted by atomic mass is 32.2. The predicted octanol–water partition coefficient (Wildman–Crippen LogP) is 6.02. The number of hydrogen-bond acceptors (Lipinski definition) is 5. The molecule has 0 fully saturated rings. The number of thioether (sulfide) groups is 1. The molecular weight excluding hydrogens is 453 g/mol. The topological polar surface area (TPSA) is 76.2 Å². The third-order valence-electron chi connectivity index (χ3n) is 5.14. The maximum atomic E-state index is 13.8. The minimum Gasteiger partial charge on any atom is -0.497 e. The minimum atomic E-state index is -0.456. The van der Waals surface area contributed by atoms with Gasteiger partial charge in [0.05, 0.1) is 31.3 Å². The molecular formula is C26H24FN3O3S. The second-order valence-corrected chi connectivity index (χ2v) is 8.43. The van der Waals surface area contributed by atoms with Crippen LogP contribution in [-0.4, -0.2) is 35.8 Å². The lowest BCUT2D eigenvalue weighted by molar-refractivity contribution is -0.115. The van der Waals surface area contributed by atoms with Crippen LogP contribution in [0.25, 0.3) is 22.5 Å². The van der Waals surface area contributed by atoms with E-state index in [9.17, 15) is 9.18 Å². The number of ether oxygens (including phenoxy) is 2. The summed E-state index contributed by atoms with van der Waals surface area (Å²) in [7, 11) is 3.26. The molecule has 6 nitrogen and oxygen atoms in total. The van der Waals surface area contributed by atoms with Crippen LogP contribution < -0.4 is 14.8 Å². The van der Waals surface area contributed by atoms with Crippen molar-refractivity contribution in [2.24, 2.45) is 0 Å². The Morgan fingerprint density at radius 2 is 1.56 bits per heavy atom. The second kappa shape index (κ2) is 10.9. The zero-order chi connectivity index (χ0) is 23.9. The largest absolute Gasteiger partial charge is 0.497 e. The molecule has 1 aromatic heterocycles. The van der Waals surface area contributed by atoms with Gasteiger partial charge in [-0.15, -0.1) is 0 Å². The Labute approximate surface area is 201 Å². The van der Waals surface area contributed by atoms with E-state index in [2.05, 4.69) is 10.3 Å². The molecule has 0 aliphatic rings. The molecule has 0 spiro atoms. The number of carbonyl (C=O) groups excluding carboxylic acids is 1. The number of anilines is 1.